The van der Waals surface area contributed by atoms with Crippen LogP contribution in [0, 0.1) is 0 Å². The van der Waals surface area contributed by atoms with Crippen LogP contribution in [0.4, 0.5) is 0 Å². The SMILES string of the molecule is C[S+](Cc1ccccc1)c1ccc(O)cc1.O=S(=O)([O-])OCc1cccc2ccccc12. The van der Waals surface area contributed by atoms with Crippen LogP contribution in [-0.2, 0) is 37.8 Å². The Hall–Kier alpha value is -2.84. The Morgan fingerprint density at radius 2 is 1.47 bits per heavy atom. The van der Waals surface area contributed by atoms with Gasteiger partial charge in [-0.25, -0.2) is 8.42 Å². The summed E-state index contributed by atoms with van der Waals surface area (Å²) in [6.45, 7) is -0.229. The lowest BCUT2D eigenvalue weighted by Crippen LogP contribution is -2.04. The van der Waals surface area contributed by atoms with Gasteiger partial charge in [-0.1, -0.05) is 72.8 Å². The van der Waals surface area contributed by atoms with E-state index >= 15 is 0 Å². The molecule has 5 nitrogen and oxygen atoms in total. The van der Waals surface area contributed by atoms with Gasteiger partial charge in [0.15, 0.2) is 4.90 Å². The average Bonchev–Trinajstić information content (AvgIpc) is 2.79. The summed E-state index contributed by atoms with van der Waals surface area (Å²) < 4.78 is 35.3. The Morgan fingerprint density at radius 3 is 2.16 bits per heavy atom. The van der Waals surface area contributed by atoms with Crippen molar-refractivity contribution in [1.82, 2.24) is 0 Å². The number of rotatable bonds is 6. The zero-order chi connectivity index (χ0) is 23.0. The van der Waals surface area contributed by atoms with E-state index in [0.29, 0.717) is 11.3 Å². The standard InChI is InChI=1S/C14H14OS.C11H10O4S/c1-16(11-12-5-3-2-4-6-12)14-9-7-13(15)8-10-14;12-16(13,14)15-8-10-6-3-5-9-4-1-2-7-11(9)10/h2-10H,11H2,1H3;1-7H,8H2,(H,12,13,14). The second-order valence-electron chi connectivity index (χ2n) is 7.07. The maximum atomic E-state index is 10.4. The zero-order valence-corrected chi connectivity index (χ0v) is 19.2. The first kappa shape index (κ1) is 23.8. The van der Waals surface area contributed by atoms with Gasteiger partial charge in [0.1, 0.15) is 17.8 Å². The topological polar surface area (TPSA) is 86.7 Å². The van der Waals surface area contributed by atoms with Gasteiger partial charge in [0, 0.05) is 16.5 Å². The Bertz CT molecular complexity index is 1240. The van der Waals surface area contributed by atoms with Crippen molar-refractivity contribution in [2.24, 2.45) is 0 Å². The van der Waals surface area contributed by atoms with E-state index in [2.05, 4.69) is 34.7 Å². The molecule has 0 aromatic heterocycles. The summed E-state index contributed by atoms with van der Waals surface area (Å²) >= 11 is 0. The van der Waals surface area contributed by atoms with Gasteiger partial charge in [-0.05, 0) is 40.6 Å². The molecule has 0 fully saturated rings. The minimum atomic E-state index is -4.64. The molecular weight excluding hydrogens is 444 g/mol. The number of fused-ring (bicyclic) bond motifs is 1. The predicted octanol–water partition coefficient (Wildman–Crippen LogP) is 5.02. The van der Waals surface area contributed by atoms with E-state index in [-0.39, 0.29) is 17.5 Å². The highest BCUT2D eigenvalue weighted by Gasteiger charge is 2.15. The number of hydrogen-bond donors (Lipinski definition) is 1. The third kappa shape index (κ3) is 7.39. The van der Waals surface area contributed by atoms with Crippen LogP contribution in [0.5, 0.6) is 5.75 Å². The highest BCUT2D eigenvalue weighted by Crippen LogP contribution is 2.20. The molecule has 0 aliphatic rings. The van der Waals surface area contributed by atoms with E-state index in [9.17, 15) is 18.1 Å². The Morgan fingerprint density at radius 1 is 0.844 bits per heavy atom. The van der Waals surface area contributed by atoms with E-state index in [1.54, 1.807) is 24.3 Å². The molecule has 4 aromatic carbocycles. The molecule has 0 heterocycles. The van der Waals surface area contributed by atoms with E-state index in [0.717, 1.165) is 16.5 Å². The number of phenolic OH excluding ortho intramolecular Hbond substituents is 1. The van der Waals surface area contributed by atoms with Crippen LogP contribution in [0.3, 0.4) is 0 Å². The first-order valence-corrected chi connectivity index (χ1v) is 13.0. The van der Waals surface area contributed by atoms with E-state index in [4.69, 9.17) is 0 Å². The molecule has 0 radical (unpaired) electrons. The molecule has 0 aliphatic heterocycles. The second kappa shape index (κ2) is 11.2. The summed E-state index contributed by atoms with van der Waals surface area (Å²) in [6.07, 6.45) is 2.24. The maximum Gasteiger partial charge on any atom is 0.217 e. The largest absolute Gasteiger partial charge is 0.726 e. The quantitative estimate of drug-likeness (QED) is 0.244. The third-order valence-electron chi connectivity index (χ3n) is 4.70. The fraction of sp³-hybridized carbons (Fsp3) is 0.120. The van der Waals surface area contributed by atoms with Crippen molar-refractivity contribution >= 4 is 32.1 Å². The van der Waals surface area contributed by atoms with Crippen molar-refractivity contribution in [3.05, 3.63) is 108 Å². The lowest BCUT2D eigenvalue weighted by Gasteiger charge is -2.09. The van der Waals surface area contributed by atoms with Crippen LogP contribution < -0.4 is 0 Å². The average molecular weight is 469 g/mol. The van der Waals surface area contributed by atoms with Gasteiger partial charge in [0.25, 0.3) is 0 Å². The second-order valence-corrected chi connectivity index (χ2v) is 10.2. The Labute approximate surface area is 191 Å². The maximum absolute atomic E-state index is 10.4. The number of phenols is 1. The van der Waals surface area contributed by atoms with Gasteiger partial charge in [-0.15, -0.1) is 0 Å². The minimum Gasteiger partial charge on any atom is -0.726 e. The first-order chi connectivity index (χ1) is 15.3. The molecule has 1 atom stereocenters. The Balaban J connectivity index is 0.000000181. The monoisotopic (exact) mass is 468 g/mol. The van der Waals surface area contributed by atoms with Gasteiger partial charge in [-0.2, -0.15) is 0 Å². The predicted molar refractivity (Wildman–Crippen MR) is 128 cm³/mol. The van der Waals surface area contributed by atoms with Crippen LogP contribution in [0.25, 0.3) is 10.8 Å². The molecular formula is C25H24O5S2. The summed E-state index contributed by atoms with van der Waals surface area (Å²) in [5, 5.41) is 11.1. The normalized spacial score (nSPS) is 12.1. The fourth-order valence-corrected chi connectivity index (χ4v) is 4.87. The van der Waals surface area contributed by atoms with Crippen molar-refractivity contribution in [3.63, 3.8) is 0 Å². The Kier molecular flexibility index (Phi) is 8.30. The van der Waals surface area contributed by atoms with Crippen LogP contribution in [0.15, 0.2) is 102 Å². The van der Waals surface area contributed by atoms with Crippen LogP contribution in [0.1, 0.15) is 11.1 Å². The first-order valence-electron chi connectivity index (χ1n) is 9.84. The number of hydrogen-bond acceptors (Lipinski definition) is 5. The lowest BCUT2D eigenvalue weighted by molar-refractivity contribution is 0.254. The molecule has 1 N–H and O–H groups in total. The molecule has 0 spiro atoms. The van der Waals surface area contributed by atoms with Gasteiger partial charge < -0.3 is 9.66 Å². The molecule has 1 unspecified atom stereocenters. The van der Waals surface area contributed by atoms with Crippen molar-refractivity contribution in [2.75, 3.05) is 6.26 Å². The zero-order valence-electron chi connectivity index (χ0n) is 17.5. The molecule has 0 amide bonds. The smallest absolute Gasteiger partial charge is 0.217 e. The van der Waals surface area contributed by atoms with Gasteiger partial charge in [0.2, 0.25) is 10.4 Å². The molecule has 4 aromatic rings. The number of aromatic hydroxyl groups is 1. The van der Waals surface area contributed by atoms with E-state index < -0.39 is 10.4 Å². The van der Waals surface area contributed by atoms with Gasteiger partial charge in [0.05, 0.1) is 6.61 Å². The number of benzene rings is 4. The van der Waals surface area contributed by atoms with Crippen molar-refractivity contribution < 1.29 is 22.3 Å². The van der Waals surface area contributed by atoms with Crippen LogP contribution >= 0.6 is 0 Å². The lowest BCUT2D eigenvalue weighted by atomic mass is 10.1. The fourth-order valence-electron chi connectivity index (χ4n) is 3.14. The summed E-state index contributed by atoms with van der Waals surface area (Å²) in [5.41, 5.74) is 2.04. The third-order valence-corrected chi connectivity index (χ3v) is 6.95. The minimum absolute atomic E-state index is 0.196. The van der Waals surface area contributed by atoms with E-state index in [1.807, 2.05) is 48.5 Å². The summed E-state index contributed by atoms with van der Waals surface area (Å²) in [4.78, 5) is 1.29. The highest BCUT2D eigenvalue weighted by atomic mass is 32.3. The van der Waals surface area contributed by atoms with E-state index in [1.165, 1.54) is 10.5 Å². The van der Waals surface area contributed by atoms with Crippen molar-refractivity contribution in [2.45, 2.75) is 17.3 Å². The highest BCUT2D eigenvalue weighted by molar-refractivity contribution is 7.95. The molecule has 0 saturated carbocycles. The summed E-state index contributed by atoms with van der Waals surface area (Å²) in [6, 6.07) is 30.9. The van der Waals surface area contributed by atoms with Crippen molar-refractivity contribution in [1.29, 1.82) is 0 Å². The van der Waals surface area contributed by atoms with Crippen LogP contribution in [-0.4, -0.2) is 24.3 Å². The molecule has 7 heteroatoms. The molecule has 0 aliphatic carbocycles. The summed E-state index contributed by atoms with van der Waals surface area (Å²) in [7, 11) is -4.44. The van der Waals surface area contributed by atoms with Crippen molar-refractivity contribution in [3.8, 4) is 5.75 Å². The van der Waals surface area contributed by atoms with Gasteiger partial charge in [-0.3, -0.25) is 4.18 Å². The molecule has 4 rings (SSSR count). The molecule has 166 valence electrons. The summed E-state index contributed by atoms with van der Waals surface area (Å²) in [5.74, 6) is 1.39. The molecule has 0 saturated heterocycles. The molecule has 0 bridgehead atoms. The van der Waals surface area contributed by atoms with Gasteiger partial charge >= 0.3 is 0 Å². The molecule has 32 heavy (non-hydrogen) atoms. The van der Waals surface area contributed by atoms with Crippen LogP contribution in [0.2, 0.25) is 0 Å².